The van der Waals surface area contributed by atoms with Crippen molar-refractivity contribution in [3.8, 4) is 0 Å². The van der Waals surface area contributed by atoms with E-state index in [0.29, 0.717) is 0 Å². The molecular weight excluding hydrogens is 160 g/mol. The molecule has 0 amide bonds. The summed E-state index contributed by atoms with van der Waals surface area (Å²) in [5.74, 6) is 0.840. The van der Waals surface area contributed by atoms with Gasteiger partial charge in [-0.15, -0.1) is 0 Å². The lowest BCUT2D eigenvalue weighted by atomic mass is 10.1. The van der Waals surface area contributed by atoms with Gasteiger partial charge in [0.05, 0.1) is 0 Å². The number of rotatable bonds is 6. The average Bonchev–Trinajstić information content (AvgIpc) is 2.64. The molecule has 2 nitrogen and oxygen atoms in total. The smallest absolute Gasteiger partial charge is 0.0104 e. The van der Waals surface area contributed by atoms with Crippen LogP contribution < -0.4 is 5.73 Å². The Morgan fingerprint density at radius 3 is 2.85 bits per heavy atom. The Morgan fingerprint density at radius 2 is 2.31 bits per heavy atom. The number of hydrogen-bond acceptors (Lipinski definition) is 2. The van der Waals surface area contributed by atoms with Crippen molar-refractivity contribution in [1.82, 2.24) is 4.90 Å². The minimum absolute atomic E-state index is 0.786. The Kier molecular flexibility index (Phi) is 5.09. The monoisotopic (exact) mass is 182 g/mol. The van der Waals surface area contributed by atoms with E-state index in [1.54, 1.807) is 0 Å². The van der Waals surface area contributed by atoms with Crippen molar-refractivity contribution in [2.45, 2.75) is 26.2 Å². The molecule has 13 heavy (non-hydrogen) atoms. The van der Waals surface area contributed by atoms with Crippen LogP contribution in [0.3, 0.4) is 0 Å². The van der Waals surface area contributed by atoms with E-state index in [9.17, 15) is 0 Å². The zero-order valence-corrected chi connectivity index (χ0v) is 8.71. The quantitative estimate of drug-likeness (QED) is 0.633. The van der Waals surface area contributed by atoms with Crippen molar-refractivity contribution in [3.63, 3.8) is 0 Å². The first-order chi connectivity index (χ1) is 6.36. The molecule has 76 valence electrons. The molecule has 0 fully saturated rings. The molecular formula is C11H22N2. The van der Waals surface area contributed by atoms with Crippen molar-refractivity contribution in [2.24, 2.45) is 11.7 Å². The van der Waals surface area contributed by atoms with Crippen LogP contribution in [0.4, 0.5) is 0 Å². The van der Waals surface area contributed by atoms with Gasteiger partial charge in [-0.2, -0.15) is 0 Å². The molecule has 0 radical (unpaired) electrons. The van der Waals surface area contributed by atoms with Crippen molar-refractivity contribution < 1.29 is 0 Å². The molecule has 2 N–H and O–H groups in total. The summed E-state index contributed by atoms with van der Waals surface area (Å²) in [4.78, 5) is 2.44. The Balaban J connectivity index is 2.11. The average molecular weight is 182 g/mol. The van der Waals surface area contributed by atoms with E-state index in [1.165, 1.54) is 25.8 Å². The predicted molar refractivity (Wildman–Crippen MR) is 57.6 cm³/mol. The summed E-state index contributed by atoms with van der Waals surface area (Å²) in [6.07, 6.45) is 8.64. The minimum Gasteiger partial charge on any atom is -0.329 e. The molecule has 2 heteroatoms. The highest BCUT2D eigenvalue weighted by Crippen LogP contribution is 2.20. The SMILES string of the molecule is CCN(CCN)CCC1C=CCC1. The van der Waals surface area contributed by atoms with Gasteiger partial charge in [-0.3, -0.25) is 0 Å². The van der Waals surface area contributed by atoms with E-state index in [2.05, 4.69) is 24.0 Å². The number of nitrogens with zero attached hydrogens (tertiary/aromatic N) is 1. The lowest BCUT2D eigenvalue weighted by Crippen LogP contribution is -2.30. The second-order valence-electron chi connectivity index (χ2n) is 3.78. The topological polar surface area (TPSA) is 29.3 Å². The summed E-state index contributed by atoms with van der Waals surface area (Å²) >= 11 is 0. The second-order valence-corrected chi connectivity index (χ2v) is 3.78. The fraction of sp³-hybridized carbons (Fsp3) is 0.818. The molecule has 0 aliphatic heterocycles. The van der Waals surface area contributed by atoms with Crippen LogP contribution in [-0.4, -0.2) is 31.1 Å². The third-order valence-electron chi connectivity index (χ3n) is 2.82. The molecule has 1 aliphatic rings. The van der Waals surface area contributed by atoms with Crippen molar-refractivity contribution in [3.05, 3.63) is 12.2 Å². The van der Waals surface area contributed by atoms with Gasteiger partial charge in [0.25, 0.3) is 0 Å². The van der Waals surface area contributed by atoms with Gasteiger partial charge in [0.2, 0.25) is 0 Å². The minimum atomic E-state index is 0.786. The highest BCUT2D eigenvalue weighted by molar-refractivity contribution is 4.96. The van der Waals surface area contributed by atoms with Crippen LogP contribution in [0.2, 0.25) is 0 Å². The van der Waals surface area contributed by atoms with E-state index in [0.717, 1.165) is 25.6 Å². The van der Waals surface area contributed by atoms with Gasteiger partial charge in [0.1, 0.15) is 0 Å². The van der Waals surface area contributed by atoms with Gasteiger partial charge in [0, 0.05) is 13.1 Å². The van der Waals surface area contributed by atoms with Crippen LogP contribution >= 0.6 is 0 Å². The van der Waals surface area contributed by atoms with E-state index >= 15 is 0 Å². The lowest BCUT2D eigenvalue weighted by Gasteiger charge is -2.20. The summed E-state index contributed by atoms with van der Waals surface area (Å²) < 4.78 is 0. The molecule has 0 saturated carbocycles. The fourth-order valence-corrected chi connectivity index (χ4v) is 1.89. The molecule has 1 aliphatic carbocycles. The van der Waals surface area contributed by atoms with Gasteiger partial charge in [0.15, 0.2) is 0 Å². The van der Waals surface area contributed by atoms with Crippen molar-refractivity contribution in [1.29, 1.82) is 0 Å². The van der Waals surface area contributed by atoms with Crippen LogP contribution in [0.5, 0.6) is 0 Å². The summed E-state index contributed by atoms with van der Waals surface area (Å²) in [6.45, 7) is 6.39. The molecule has 0 saturated heterocycles. The number of allylic oxidation sites excluding steroid dienone is 2. The van der Waals surface area contributed by atoms with Gasteiger partial charge in [-0.05, 0) is 38.3 Å². The third kappa shape index (κ3) is 3.92. The van der Waals surface area contributed by atoms with Crippen LogP contribution in [-0.2, 0) is 0 Å². The van der Waals surface area contributed by atoms with Crippen molar-refractivity contribution in [2.75, 3.05) is 26.2 Å². The second kappa shape index (κ2) is 6.17. The Morgan fingerprint density at radius 1 is 1.46 bits per heavy atom. The van der Waals surface area contributed by atoms with Crippen LogP contribution in [0.25, 0.3) is 0 Å². The van der Waals surface area contributed by atoms with E-state index < -0.39 is 0 Å². The van der Waals surface area contributed by atoms with E-state index in [-0.39, 0.29) is 0 Å². The number of hydrogen-bond donors (Lipinski definition) is 1. The van der Waals surface area contributed by atoms with Gasteiger partial charge in [-0.25, -0.2) is 0 Å². The van der Waals surface area contributed by atoms with E-state index in [4.69, 9.17) is 5.73 Å². The van der Waals surface area contributed by atoms with Crippen molar-refractivity contribution >= 4 is 0 Å². The normalized spacial score (nSPS) is 21.6. The number of likely N-dealkylation sites (N-methyl/N-ethyl adjacent to an activating group) is 1. The summed E-state index contributed by atoms with van der Waals surface area (Å²) in [7, 11) is 0. The van der Waals surface area contributed by atoms with Crippen LogP contribution in [0.1, 0.15) is 26.2 Å². The first-order valence-electron chi connectivity index (χ1n) is 5.46. The molecule has 1 atom stereocenters. The largest absolute Gasteiger partial charge is 0.329 e. The maximum absolute atomic E-state index is 5.53. The first-order valence-corrected chi connectivity index (χ1v) is 5.46. The zero-order valence-electron chi connectivity index (χ0n) is 8.71. The third-order valence-corrected chi connectivity index (χ3v) is 2.82. The molecule has 0 aromatic rings. The number of nitrogens with two attached hydrogens (primary N) is 1. The first kappa shape index (κ1) is 10.7. The highest BCUT2D eigenvalue weighted by Gasteiger charge is 2.10. The molecule has 0 heterocycles. The van der Waals surface area contributed by atoms with Crippen LogP contribution in [0, 0.1) is 5.92 Å². The van der Waals surface area contributed by atoms with Gasteiger partial charge in [-0.1, -0.05) is 19.1 Å². The van der Waals surface area contributed by atoms with E-state index in [1.807, 2.05) is 0 Å². The summed E-state index contributed by atoms with van der Waals surface area (Å²) in [5, 5.41) is 0. The maximum atomic E-state index is 5.53. The fourth-order valence-electron chi connectivity index (χ4n) is 1.89. The Labute approximate surface area is 81.8 Å². The Bertz CT molecular complexity index is 154. The maximum Gasteiger partial charge on any atom is 0.0104 e. The standard InChI is InChI=1S/C11H22N2/c1-2-13(10-8-12)9-7-11-5-3-4-6-11/h3,5,11H,2,4,6-10,12H2,1H3. The molecule has 1 unspecified atom stereocenters. The highest BCUT2D eigenvalue weighted by atomic mass is 15.1. The summed E-state index contributed by atoms with van der Waals surface area (Å²) in [5.41, 5.74) is 5.53. The zero-order chi connectivity index (χ0) is 9.52. The molecule has 0 bridgehead atoms. The van der Waals surface area contributed by atoms with Gasteiger partial charge < -0.3 is 10.6 Å². The lowest BCUT2D eigenvalue weighted by molar-refractivity contribution is 0.278. The predicted octanol–water partition coefficient (Wildman–Crippen LogP) is 1.62. The molecule has 0 aromatic carbocycles. The molecule has 1 rings (SSSR count). The van der Waals surface area contributed by atoms with Gasteiger partial charge >= 0.3 is 0 Å². The van der Waals surface area contributed by atoms with Crippen LogP contribution in [0.15, 0.2) is 12.2 Å². The Hall–Kier alpha value is -0.340. The molecule has 0 spiro atoms. The molecule has 0 aromatic heterocycles. The summed E-state index contributed by atoms with van der Waals surface area (Å²) in [6, 6.07) is 0.